The van der Waals surface area contributed by atoms with Crippen molar-refractivity contribution in [2.24, 2.45) is 0 Å². The van der Waals surface area contributed by atoms with Crippen LogP contribution >= 0.6 is 0 Å². The molecule has 3 nitrogen and oxygen atoms in total. The molecule has 3 heteroatoms. The predicted molar refractivity (Wildman–Crippen MR) is 64.5 cm³/mol. The first-order valence-corrected chi connectivity index (χ1v) is 5.50. The first-order chi connectivity index (χ1) is 7.79. The summed E-state index contributed by atoms with van der Waals surface area (Å²) in [7, 11) is 2.00. The molecule has 1 N–H and O–H groups in total. The maximum Gasteiger partial charge on any atom is 0.127 e. The Kier molecular flexibility index (Phi) is 3.59. The Balaban J connectivity index is 2.06. The number of benzene rings is 1. The van der Waals surface area contributed by atoms with E-state index in [-0.39, 0.29) is 6.61 Å². The summed E-state index contributed by atoms with van der Waals surface area (Å²) in [6.45, 7) is 2.38. The molecule has 1 aromatic carbocycles. The molecule has 0 aromatic heterocycles. The van der Waals surface area contributed by atoms with Gasteiger partial charge < -0.3 is 14.7 Å². The van der Waals surface area contributed by atoms with E-state index in [1.165, 1.54) is 5.57 Å². The highest BCUT2D eigenvalue weighted by atomic mass is 16.5. The Bertz CT molecular complexity index is 387. The van der Waals surface area contributed by atoms with E-state index in [2.05, 4.69) is 17.0 Å². The highest BCUT2D eigenvalue weighted by Gasteiger charge is 2.11. The van der Waals surface area contributed by atoms with E-state index in [0.29, 0.717) is 13.2 Å². The van der Waals surface area contributed by atoms with Gasteiger partial charge in [-0.2, -0.15) is 0 Å². The largest absolute Gasteiger partial charge is 0.489 e. The van der Waals surface area contributed by atoms with Crippen molar-refractivity contribution < 1.29 is 9.84 Å². The minimum absolute atomic E-state index is 0.196. The van der Waals surface area contributed by atoms with Crippen molar-refractivity contribution in [3.05, 3.63) is 35.4 Å². The van der Waals surface area contributed by atoms with E-state index < -0.39 is 0 Å². The molecule has 0 aliphatic carbocycles. The number of likely N-dealkylation sites (N-methyl/N-ethyl adjacent to an activating group) is 1. The van der Waals surface area contributed by atoms with Crippen molar-refractivity contribution in [3.63, 3.8) is 0 Å². The molecular formula is C13H17NO2. The quantitative estimate of drug-likeness (QED) is 0.830. The van der Waals surface area contributed by atoms with Gasteiger partial charge in [0, 0.05) is 18.7 Å². The Morgan fingerprint density at radius 1 is 1.38 bits per heavy atom. The van der Waals surface area contributed by atoms with Gasteiger partial charge in [-0.25, -0.2) is 0 Å². The first kappa shape index (κ1) is 11.2. The van der Waals surface area contributed by atoms with Gasteiger partial charge in [-0.05, 0) is 24.8 Å². The topological polar surface area (TPSA) is 32.7 Å². The molecule has 0 saturated carbocycles. The number of fused-ring (bicyclic) bond motifs is 1. The minimum Gasteiger partial charge on any atom is -0.489 e. The number of nitrogens with zero attached hydrogens (tertiary/aromatic N) is 1. The Morgan fingerprint density at radius 3 is 3.00 bits per heavy atom. The number of rotatable bonds is 4. The molecule has 16 heavy (non-hydrogen) atoms. The maximum atomic E-state index is 8.83. The average Bonchev–Trinajstić information content (AvgIpc) is 2.29. The second-order valence-corrected chi connectivity index (χ2v) is 4.09. The van der Waals surface area contributed by atoms with E-state index >= 15 is 0 Å². The zero-order valence-corrected chi connectivity index (χ0v) is 9.52. The van der Waals surface area contributed by atoms with Gasteiger partial charge in [0.15, 0.2) is 0 Å². The summed E-state index contributed by atoms with van der Waals surface area (Å²) in [4.78, 5) is 2.09. The summed E-state index contributed by atoms with van der Waals surface area (Å²) in [5.41, 5.74) is 2.38. The summed E-state index contributed by atoms with van der Waals surface area (Å²) in [6.07, 6.45) is 2.17. The van der Waals surface area contributed by atoms with Crippen molar-refractivity contribution in [1.29, 1.82) is 0 Å². The summed E-state index contributed by atoms with van der Waals surface area (Å²) >= 11 is 0. The molecule has 1 aromatic rings. The summed E-state index contributed by atoms with van der Waals surface area (Å²) in [5.74, 6) is 0.955. The van der Waals surface area contributed by atoms with Crippen LogP contribution in [0.15, 0.2) is 29.8 Å². The number of aliphatic hydroxyl groups excluding tert-OH is 1. The lowest BCUT2D eigenvalue weighted by Gasteiger charge is -2.22. The predicted octanol–water partition coefficient (Wildman–Crippen LogP) is 1.39. The molecule has 0 radical (unpaired) electrons. The van der Waals surface area contributed by atoms with Crippen LogP contribution in [-0.2, 0) is 0 Å². The molecule has 0 spiro atoms. The fourth-order valence-corrected chi connectivity index (χ4v) is 1.85. The molecule has 0 saturated heterocycles. The SMILES string of the molecule is CN(CCO)CC1=Cc2ccccc2OC1. The van der Waals surface area contributed by atoms with Crippen LogP contribution < -0.4 is 4.74 Å². The van der Waals surface area contributed by atoms with E-state index in [9.17, 15) is 0 Å². The van der Waals surface area contributed by atoms with Crippen LogP contribution in [0.2, 0.25) is 0 Å². The molecule has 0 atom stereocenters. The molecule has 0 fully saturated rings. The minimum atomic E-state index is 0.196. The van der Waals surface area contributed by atoms with E-state index in [1.807, 2.05) is 25.2 Å². The summed E-state index contributed by atoms with van der Waals surface area (Å²) in [6, 6.07) is 8.04. The van der Waals surface area contributed by atoms with Crippen molar-refractivity contribution in [3.8, 4) is 5.75 Å². The van der Waals surface area contributed by atoms with Crippen LogP contribution in [0, 0.1) is 0 Å². The van der Waals surface area contributed by atoms with Crippen LogP contribution in [0.1, 0.15) is 5.56 Å². The summed E-state index contributed by atoms with van der Waals surface area (Å²) in [5, 5.41) is 8.83. The number of para-hydroxylation sites is 1. The standard InChI is InChI=1S/C13H17NO2/c1-14(6-7-15)9-11-8-12-4-2-3-5-13(12)16-10-11/h2-5,8,15H,6-7,9-10H2,1H3. The monoisotopic (exact) mass is 219 g/mol. The van der Waals surface area contributed by atoms with Gasteiger partial charge in [0.2, 0.25) is 0 Å². The van der Waals surface area contributed by atoms with Crippen LogP contribution in [0.25, 0.3) is 6.08 Å². The van der Waals surface area contributed by atoms with Gasteiger partial charge >= 0.3 is 0 Å². The third-order valence-electron chi connectivity index (χ3n) is 2.65. The van der Waals surface area contributed by atoms with Crippen LogP contribution in [0.4, 0.5) is 0 Å². The first-order valence-electron chi connectivity index (χ1n) is 5.50. The van der Waals surface area contributed by atoms with Gasteiger partial charge in [0.25, 0.3) is 0 Å². The zero-order valence-electron chi connectivity index (χ0n) is 9.52. The smallest absolute Gasteiger partial charge is 0.127 e. The highest BCUT2D eigenvalue weighted by Crippen LogP contribution is 2.25. The molecule has 86 valence electrons. The molecule has 0 unspecified atom stereocenters. The van der Waals surface area contributed by atoms with E-state index in [4.69, 9.17) is 9.84 Å². The van der Waals surface area contributed by atoms with E-state index in [1.54, 1.807) is 0 Å². The fourth-order valence-electron chi connectivity index (χ4n) is 1.85. The van der Waals surface area contributed by atoms with E-state index in [0.717, 1.165) is 17.9 Å². The normalized spacial score (nSPS) is 14.3. The zero-order chi connectivity index (χ0) is 11.4. The average molecular weight is 219 g/mol. The molecule has 1 heterocycles. The van der Waals surface area contributed by atoms with Crippen LogP contribution in [0.3, 0.4) is 0 Å². The molecule has 2 rings (SSSR count). The van der Waals surface area contributed by atoms with Crippen molar-refractivity contribution >= 4 is 6.08 Å². The van der Waals surface area contributed by atoms with Crippen LogP contribution in [0.5, 0.6) is 5.75 Å². The lowest BCUT2D eigenvalue weighted by molar-refractivity contribution is 0.225. The molecule has 0 bridgehead atoms. The highest BCUT2D eigenvalue weighted by molar-refractivity contribution is 5.62. The van der Waals surface area contributed by atoms with Gasteiger partial charge in [0.05, 0.1) is 6.61 Å². The van der Waals surface area contributed by atoms with Gasteiger partial charge in [-0.15, -0.1) is 0 Å². The lowest BCUT2D eigenvalue weighted by Crippen LogP contribution is -2.27. The molecule has 1 aliphatic heterocycles. The number of aliphatic hydroxyl groups is 1. The number of hydrogen-bond donors (Lipinski definition) is 1. The molecular weight excluding hydrogens is 202 g/mol. The summed E-state index contributed by atoms with van der Waals surface area (Å²) < 4.78 is 5.66. The van der Waals surface area contributed by atoms with Crippen molar-refractivity contribution in [2.75, 3.05) is 33.4 Å². The third kappa shape index (κ3) is 2.62. The Labute approximate surface area is 96.0 Å². The van der Waals surface area contributed by atoms with Crippen molar-refractivity contribution in [1.82, 2.24) is 4.90 Å². The maximum absolute atomic E-state index is 8.83. The van der Waals surface area contributed by atoms with Gasteiger partial charge in [-0.1, -0.05) is 18.2 Å². The molecule has 0 amide bonds. The Morgan fingerprint density at radius 2 is 2.19 bits per heavy atom. The number of ether oxygens (including phenoxy) is 1. The fraction of sp³-hybridized carbons (Fsp3) is 0.385. The lowest BCUT2D eigenvalue weighted by atomic mass is 10.1. The van der Waals surface area contributed by atoms with Gasteiger partial charge in [-0.3, -0.25) is 0 Å². The third-order valence-corrected chi connectivity index (χ3v) is 2.65. The second kappa shape index (κ2) is 5.14. The number of hydrogen-bond acceptors (Lipinski definition) is 3. The van der Waals surface area contributed by atoms with Crippen molar-refractivity contribution in [2.45, 2.75) is 0 Å². The van der Waals surface area contributed by atoms with Gasteiger partial charge in [0.1, 0.15) is 12.4 Å². The second-order valence-electron chi connectivity index (χ2n) is 4.09. The Hall–Kier alpha value is -1.32. The molecule has 1 aliphatic rings. The van der Waals surface area contributed by atoms with Crippen LogP contribution in [-0.4, -0.2) is 43.4 Å².